The first-order chi connectivity index (χ1) is 11.0. The zero-order valence-corrected chi connectivity index (χ0v) is 13.0. The van der Waals surface area contributed by atoms with Crippen molar-refractivity contribution in [2.24, 2.45) is 5.73 Å². The molecule has 2 rings (SSSR count). The highest BCUT2D eigenvalue weighted by Crippen LogP contribution is 2.19. The van der Waals surface area contributed by atoms with Gasteiger partial charge < -0.3 is 21.7 Å². The second kappa shape index (κ2) is 7.62. The van der Waals surface area contributed by atoms with Crippen molar-refractivity contribution in [1.82, 2.24) is 10.6 Å². The molecule has 0 atom stereocenters. The molecule has 1 aromatic rings. The lowest BCUT2D eigenvalue weighted by Crippen LogP contribution is -2.32. The van der Waals surface area contributed by atoms with Gasteiger partial charge in [0, 0.05) is 23.8 Å². The van der Waals surface area contributed by atoms with Crippen molar-refractivity contribution in [1.29, 1.82) is 0 Å². The zero-order valence-electron chi connectivity index (χ0n) is 13.0. The molecule has 124 valence electrons. The number of anilines is 1. The zero-order chi connectivity index (χ0) is 16.8. The minimum Gasteiger partial charge on any atom is -0.393 e. The monoisotopic (exact) mass is 320 g/mol. The lowest BCUT2D eigenvalue weighted by atomic mass is 10.2. The molecule has 0 unspecified atom stereocenters. The van der Waals surface area contributed by atoms with Crippen LogP contribution < -0.4 is 21.7 Å². The normalized spacial score (nSPS) is 14.7. The van der Waals surface area contributed by atoms with Gasteiger partial charge in [-0.1, -0.05) is 0 Å². The summed E-state index contributed by atoms with van der Waals surface area (Å²) in [5, 5.41) is 8.19. The Bertz CT molecular complexity index is 609. The first-order valence-electron chi connectivity index (χ1n) is 7.55. The third kappa shape index (κ3) is 4.70. The van der Waals surface area contributed by atoms with Crippen LogP contribution in [0.3, 0.4) is 0 Å². The number of halogens is 1. The molecule has 1 fully saturated rings. The Kier molecular flexibility index (Phi) is 5.56. The van der Waals surface area contributed by atoms with Gasteiger partial charge in [0.05, 0.1) is 5.70 Å². The van der Waals surface area contributed by atoms with E-state index in [1.54, 1.807) is 24.3 Å². The number of hydrogen-bond acceptors (Lipinski definition) is 4. The Morgan fingerprint density at radius 2 is 1.91 bits per heavy atom. The molecule has 1 aromatic carbocycles. The standard InChI is InChI=1S/C16H21FN4O2/c1-2-19-15(22)10-3-5-11(6-4-10)20-13(9-17)14(18)16(23)21-12-7-8-12/h3-6,12,20H,2,7-9,18H2,1H3,(H,19,22)(H,21,23)/b14-13-. The van der Waals surface area contributed by atoms with Gasteiger partial charge in [-0.05, 0) is 44.0 Å². The van der Waals surface area contributed by atoms with Gasteiger partial charge in [0.25, 0.3) is 11.8 Å². The molecular weight excluding hydrogens is 299 g/mol. The van der Waals surface area contributed by atoms with Crippen molar-refractivity contribution >= 4 is 17.5 Å². The number of hydrogen-bond donors (Lipinski definition) is 4. The maximum Gasteiger partial charge on any atom is 0.269 e. The van der Waals surface area contributed by atoms with Gasteiger partial charge in [-0.3, -0.25) is 9.59 Å². The number of alkyl halides is 1. The van der Waals surface area contributed by atoms with E-state index >= 15 is 0 Å². The highest BCUT2D eigenvalue weighted by molar-refractivity contribution is 5.95. The SMILES string of the molecule is CCNC(=O)c1ccc(N/C(CF)=C(\N)C(=O)NC2CC2)cc1. The average Bonchev–Trinajstić information content (AvgIpc) is 3.36. The summed E-state index contributed by atoms with van der Waals surface area (Å²) < 4.78 is 13.2. The molecule has 23 heavy (non-hydrogen) atoms. The molecule has 0 saturated heterocycles. The van der Waals surface area contributed by atoms with E-state index in [4.69, 9.17) is 5.73 Å². The number of carbonyl (C=O) groups excluding carboxylic acids is 2. The lowest BCUT2D eigenvalue weighted by Gasteiger charge is -2.12. The molecular formula is C16H21FN4O2. The summed E-state index contributed by atoms with van der Waals surface area (Å²) in [5.74, 6) is -0.643. The van der Waals surface area contributed by atoms with Crippen LogP contribution in [-0.4, -0.2) is 31.1 Å². The number of amides is 2. The molecule has 1 aliphatic carbocycles. The van der Waals surface area contributed by atoms with Gasteiger partial charge in [-0.2, -0.15) is 0 Å². The van der Waals surface area contributed by atoms with Crippen LogP contribution in [0.15, 0.2) is 35.7 Å². The number of nitrogens with two attached hydrogens (primary N) is 1. The van der Waals surface area contributed by atoms with Gasteiger partial charge in [-0.25, -0.2) is 4.39 Å². The largest absolute Gasteiger partial charge is 0.393 e. The summed E-state index contributed by atoms with van der Waals surface area (Å²) in [6.07, 6.45) is 1.86. The second-order valence-corrected chi connectivity index (χ2v) is 5.34. The van der Waals surface area contributed by atoms with Gasteiger partial charge in [0.15, 0.2) is 0 Å². The number of nitrogens with one attached hydrogen (secondary N) is 3. The van der Waals surface area contributed by atoms with Crippen LogP contribution in [0, 0.1) is 0 Å². The molecule has 0 heterocycles. The molecule has 0 bridgehead atoms. The van der Waals surface area contributed by atoms with Gasteiger partial charge >= 0.3 is 0 Å². The Labute approximate surface area is 134 Å². The minimum atomic E-state index is -0.887. The maximum absolute atomic E-state index is 13.2. The van der Waals surface area contributed by atoms with E-state index in [-0.39, 0.29) is 23.3 Å². The molecule has 1 saturated carbocycles. The van der Waals surface area contributed by atoms with Crippen LogP contribution >= 0.6 is 0 Å². The lowest BCUT2D eigenvalue weighted by molar-refractivity contribution is -0.117. The maximum atomic E-state index is 13.2. The molecule has 6 nitrogen and oxygen atoms in total. The van der Waals surface area contributed by atoms with Crippen LogP contribution in [0.2, 0.25) is 0 Å². The first-order valence-corrected chi connectivity index (χ1v) is 7.55. The van der Waals surface area contributed by atoms with Crippen LogP contribution in [0.4, 0.5) is 10.1 Å². The quantitative estimate of drug-likeness (QED) is 0.569. The van der Waals surface area contributed by atoms with E-state index in [0.717, 1.165) is 12.8 Å². The van der Waals surface area contributed by atoms with Crippen molar-refractivity contribution in [3.05, 3.63) is 41.2 Å². The summed E-state index contributed by atoms with van der Waals surface area (Å²) in [4.78, 5) is 23.5. The Morgan fingerprint density at radius 3 is 2.43 bits per heavy atom. The van der Waals surface area contributed by atoms with Gasteiger partial charge in [0.1, 0.15) is 12.4 Å². The number of allylic oxidation sites excluding steroid dienone is 1. The summed E-state index contributed by atoms with van der Waals surface area (Å²) in [6.45, 7) is 1.49. The molecule has 2 amide bonds. The van der Waals surface area contributed by atoms with Crippen molar-refractivity contribution in [2.45, 2.75) is 25.8 Å². The summed E-state index contributed by atoms with van der Waals surface area (Å²) in [6, 6.07) is 6.64. The average molecular weight is 320 g/mol. The fraction of sp³-hybridized carbons (Fsp3) is 0.375. The highest BCUT2D eigenvalue weighted by Gasteiger charge is 2.25. The van der Waals surface area contributed by atoms with Crippen molar-refractivity contribution < 1.29 is 14.0 Å². The minimum absolute atomic E-state index is 0.00825. The number of carbonyl (C=O) groups is 2. The van der Waals surface area contributed by atoms with Crippen LogP contribution in [-0.2, 0) is 4.79 Å². The van der Waals surface area contributed by atoms with Gasteiger partial charge in [0.2, 0.25) is 0 Å². The van der Waals surface area contributed by atoms with E-state index in [9.17, 15) is 14.0 Å². The van der Waals surface area contributed by atoms with E-state index in [1.807, 2.05) is 6.92 Å². The van der Waals surface area contributed by atoms with E-state index < -0.39 is 12.6 Å². The van der Waals surface area contributed by atoms with Crippen molar-refractivity contribution in [2.75, 3.05) is 18.5 Å². The van der Waals surface area contributed by atoms with Crippen molar-refractivity contribution in [3.8, 4) is 0 Å². The smallest absolute Gasteiger partial charge is 0.269 e. The third-order valence-corrected chi connectivity index (χ3v) is 3.40. The van der Waals surface area contributed by atoms with Crippen LogP contribution in [0.25, 0.3) is 0 Å². The highest BCUT2D eigenvalue weighted by atomic mass is 19.1. The number of benzene rings is 1. The fourth-order valence-electron chi connectivity index (χ4n) is 1.94. The molecule has 0 spiro atoms. The Hall–Kier alpha value is -2.57. The van der Waals surface area contributed by atoms with Crippen LogP contribution in [0.5, 0.6) is 0 Å². The summed E-state index contributed by atoms with van der Waals surface area (Å²) in [5.41, 5.74) is 6.61. The van der Waals surface area contributed by atoms with E-state index in [0.29, 0.717) is 17.8 Å². The van der Waals surface area contributed by atoms with Crippen molar-refractivity contribution in [3.63, 3.8) is 0 Å². The van der Waals surface area contributed by atoms with E-state index in [1.165, 1.54) is 0 Å². The topological polar surface area (TPSA) is 96.2 Å². The Balaban J connectivity index is 2.05. The number of rotatable bonds is 7. The molecule has 0 radical (unpaired) electrons. The van der Waals surface area contributed by atoms with E-state index in [2.05, 4.69) is 16.0 Å². The molecule has 5 N–H and O–H groups in total. The van der Waals surface area contributed by atoms with Crippen LogP contribution in [0.1, 0.15) is 30.1 Å². The van der Waals surface area contributed by atoms with Gasteiger partial charge in [-0.15, -0.1) is 0 Å². The molecule has 0 aromatic heterocycles. The first kappa shape index (κ1) is 16.8. The fourth-order valence-corrected chi connectivity index (χ4v) is 1.94. The molecule has 1 aliphatic rings. The third-order valence-electron chi connectivity index (χ3n) is 3.40. The second-order valence-electron chi connectivity index (χ2n) is 5.34. The predicted octanol–water partition coefficient (Wildman–Crippen LogP) is 1.27. The summed E-state index contributed by atoms with van der Waals surface area (Å²) in [7, 11) is 0. The molecule has 0 aliphatic heterocycles. The summed E-state index contributed by atoms with van der Waals surface area (Å²) >= 11 is 0. The predicted molar refractivity (Wildman–Crippen MR) is 86.4 cm³/mol. The Morgan fingerprint density at radius 1 is 1.26 bits per heavy atom. The molecule has 7 heteroatoms.